The normalized spacial score (nSPS) is 13.1. The van der Waals surface area contributed by atoms with Crippen molar-refractivity contribution >= 4 is 11.0 Å². The number of para-hydroxylation sites is 2. The molecule has 4 nitrogen and oxygen atoms in total. The van der Waals surface area contributed by atoms with Gasteiger partial charge in [0, 0.05) is 26.1 Å². The molecule has 0 aliphatic heterocycles. The van der Waals surface area contributed by atoms with Crippen LogP contribution in [0.3, 0.4) is 0 Å². The molecular formula is C14H21N3O. The fourth-order valence-corrected chi connectivity index (χ4v) is 2.30. The summed E-state index contributed by atoms with van der Waals surface area (Å²) in [6.07, 6.45) is 0.882. The van der Waals surface area contributed by atoms with E-state index in [1.54, 1.807) is 7.11 Å². The molecule has 18 heavy (non-hydrogen) atoms. The molecule has 0 aliphatic rings. The van der Waals surface area contributed by atoms with Gasteiger partial charge in [0.25, 0.3) is 0 Å². The minimum Gasteiger partial charge on any atom is -0.383 e. The summed E-state index contributed by atoms with van der Waals surface area (Å²) in [6, 6.07) is 8.58. The molecule has 0 radical (unpaired) electrons. The van der Waals surface area contributed by atoms with Crippen LogP contribution in [0.1, 0.15) is 12.7 Å². The first-order valence-corrected chi connectivity index (χ1v) is 6.40. The van der Waals surface area contributed by atoms with Crippen molar-refractivity contribution in [3.05, 3.63) is 30.1 Å². The van der Waals surface area contributed by atoms with Crippen molar-refractivity contribution in [1.82, 2.24) is 14.9 Å². The smallest absolute Gasteiger partial charge is 0.111 e. The van der Waals surface area contributed by atoms with E-state index >= 15 is 0 Å². The molecule has 0 amide bonds. The van der Waals surface area contributed by atoms with Crippen LogP contribution >= 0.6 is 0 Å². The second-order valence-electron chi connectivity index (χ2n) is 4.41. The van der Waals surface area contributed by atoms with E-state index < -0.39 is 0 Å². The number of methoxy groups -OCH3 is 1. The van der Waals surface area contributed by atoms with Gasteiger partial charge in [0.05, 0.1) is 17.6 Å². The summed E-state index contributed by atoms with van der Waals surface area (Å²) in [4.78, 5) is 4.72. The van der Waals surface area contributed by atoms with Crippen molar-refractivity contribution in [2.24, 2.45) is 0 Å². The predicted molar refractivity (Wildman–Crippen MR) is 73.8 cm³/mol. The summed E-state index contributed by atoms with van der Waals surface area (Å²) in [5, 5.41) is 3.27. The van der Waals surface area contributed by atoms with Gasteiger partial charge in [-0.3, -0.25) is 0 Å². The van der Waals surface area contributed by atoms with Crippen LogP contribution in [-0.4, -0.2) is 36.4 Å². The summed E-state index contributed by atoms with van der Waals surface area (Å²) in [5.74, 6) is 1.12. The minimum absolute atomic E-state index is 0.303. The van der Waals surface area contributed by atoms with Crippen LogP contribution in [0.15, 0.2) is 24.3 Å². The molecule has 1 atom stereocenters. The van der Waals surface area contributed by atoms with Gasteiger partial charge in [-0.05, 0) is 26.1 Å². The van der Waals surface area contributed by atoms with E-state index in [-0.39, 0.29) is 0 Å². The summed E-state index contributed by atoms with van der Waals surface area (Å²) in [7, 11) is 3.69. The van der Waals surface area contributed by atoms with Gasteiger partial charge in [-0.25, -0.2) is 4.98 Å². The molecule has 0 fully saturated rings. The van der Waals surface area contributed by atoms with Crippen molar-refractivity contribution in [2.45, 2.75) is 25.9 Å². The van der Waals surface area contributed by atoms with Crippen molar-refractivity contribution in [2.75, 3.05) is 20.8 Å². The van der Waals surface area contributed by atoms with Gasteiger partial charge in [-0.15, -0.1) is 0 Å². The van der Waals surface area contributed by atoms with E-state index in [1.807, 2.05) is 13.1 Å². The highest BCUT2D eigenvalue weighted by Gasteiger charge is 2.14. The molecule has 1 aromatic carbocycles. The largest absolute Gasteiger partial charge is 0.383 e. The Morgan fingerprint density at radius 1 is 1.39 bits per heavy atom. The summed E-state index contributed by atoms with van der Waals surface area (Å²) < 4.78 is 7.49. The first kappa shape index (κ1) is 13.1. The highest BCUT2D eigenvalue weighted by molar-refractivity contribution is 5.75. The second-order valence-corrected chi connectivity index (χ2v) is 4.41. The number of likely N-dealkylation sites (N-methyl/N-ethyl adjacent to an activating group) is 1. The Bertz CT molecular complexity index is 507. The number of hydrogen-bond donors (Lipinski definition) is 1. The molecule has 0 bridgehead atoms. The molecular weight excluding hydrogens is 226 g/mol. The van der Waals surface area contributed by atoms with Crippen LogP contribution < -0.4 is 5.32 Å². The Hall–Kier alpha value is -1.39. The summed E-state index contributed by atoms with van der Waals surface area (Å²) in [5.41, 5.74) is 2.28. The van der Waals surface area contributed by atoms with E-state index in [2.05, 4.69) is 35.0 Å². The lowest BCUT2D eigenvalue weighted by Gasteiger charge is -2.15. The Labute approximate surface area is 108 Å². The number of aromatic nitrogens is 2. The topological polar surface area (TPSA) is 39.1 Å². The van der Waals surface area contributed by atoms with Crippen LogP contribution in [-0.2, 0) is 17.7 Å². The van der Waals surface area contributed by atoms with Crippen molar-refractivity contribution < 1.29 is 4.74 Å². The van der Waals surface area contributed by atoms with Crippen molar-refractivity contribution in [3.8, 4) is 0 Å². The third-order valence-electron chi connectivity index (χ3n) is 3.25. The average molecular weight is 247 g/mol. The maximum atomic E-state index is 5.22. The maximum absolute atomic E-state index is 5.22. The fourth-order valence-electron chi connectivity index (χ4n) is 2.30. The van der Waals surface area contributed by atoms with E-state index in [9.17, 15) is 0 Å². The standard InChI is InChI=1S/C14H21N3O/c1-4-17-13-8-6-5-7-12(13)16-14(17)9-11(15-2)10-18-3/h5-8,11,15H,4,9-10H2,1-3H3. The molecule has 98 valence electrons. The fraction of sp³-hybridized carbons (Fsp3) is 0.500. The number of imidazole rings is 1. The SMILES string of the molecule is CCn1c(CC(COC)NC)nc2ccccc21. The number of nitrogens with one attached hydrogen (secondary N) is 1. The number of aryl methyl sites for hydroxylation is 1. The first-order chi connectivity index (χ1) is 8.80. The van der Waals surface area contributed by atoms with Crippen molar-refractivity contribution in [1.29, 1.82) is 0 Å². The monoisotopic (exact) mass is 247 g/mol. The Kier molecular flexibility index (Phi) is 4.33. The minimum atomic E-state index is 0.303. The molecule has 0 saturated carbocycles. The molecule has 1 aromatic heterocycles. The third-order valence-corrected chi connectivity index (χ3v) is 3.25. The zero-order valence-electron chi connectivity index (χ0n) is 11.3. The molecule has 1 N–H and O–H groups in total. The van der Waals surface area contributed by atoms with Crippen LogP contribution in [0.25, 0.3) is 11.0 Å². The zero-order valence-corrected chi connectivity index (χ0v) is 11.3. The molecule has 0 spiro atoms. The van der Waals surface area contributed by atoms with Gasteiger partial charge in [-0.2, -0.15) is 0 Å². The Morgan fingerprint density at radius 2 is 2.17 bits per heavy atom. The van der Waals surface area contributed by atoms with Crippen LogP contribution in [0.5, 0.6) is 0 Å². The van der Waals surface area contributed by atoms with E-state index in [0.717, 1.165) is 24.3 Å². The third kappa shape index (κ3) is 2.54. The second kappa shape index (κ2) is 5.98. The Balaban J connectivity index is 2.32. The highest BCUT2D eigenvalue weighted by atomic mass is 16.5. The molecule has 2 rings (SSSR count). The average Bonchev–Trinajstić information content (AvgIpc) is 2.75. The lowest BCUT2D eigenvalue weighted by molar-refractivity contribution is 0.168. The molecule has 0 saturated heterocycles. The zero-order chi connectivity index (χ0) is 13.0. The molecule has 2 aromatic rings. The van der Waals surface area contributed by atoms with Crippen LogP contribution in [0.4, 0.5) is 0 Å². The number of nitrogens with zero attached hydrogens (tertiary/aromatic N) is 2. The van der Waals surface area contributed by atoms with Gasteiger partial charge in [0.1, 0.15) is 5.82 Å². The number of benzene rings is 1. The number of hydrogen-bond acceptors (Lipinski definition) is 3. The number of fused-ring (bicyclic) bond motifs is 1. The maximum Gasteiger partial charge on any atom is 0.111 e. The molecule has 1 heterocycles. The lowest BCUT2D eigenvalue weighted by Crippen LogP contribution is -2.33. The van der Waals surface area contributed by atoms with E-state index in [4.69, 9.17) is 9.72 Å². The Morgan fingerprint density at radius 3 is 2.83 bits per heavy atom. The molecule has 0 aliphatic carbocycles. The molecule has 4 heteroatoms. The van der Waals surface area contributed by atoms with Gasteiger partial charge in [0.2, 0.25) is 0 Å². The van der Waals surface area contributed by atoms with Gasteiger partial charge < -0.3 is 14.6 Å². The van der Waals surface area contributed by atoms with Gasteiger partial charge in [0.15, 0.2) is 0 Å². The van der Waals surface area contributed by atoms with E-state index in [1.165, 1.54) is 5.52 Å². The van der Waals surface area contributed by atoms with Crippen LogP contribution in [0.2, 0.25) is 0 Å². The lowest BCUT2D eigenvalue weighted by atomic mass is 10.2. The number of rotatable bonds is 6. The predicted octanol–water partition coefficient (Wildman–Crippen LogP) is 1.83. The first-order valence-electron chi connectivity index (χ1n) is 6.40. The summed E-state index contributed by atoms with van der Waals surface area (Å²) >= 11 is 0. The molecule has 1 unspecified atom stereocenters. The van der Waals surface area contributed by atoms with Crippen molar-refractivity contribution in [3.63, 3.8) is 0 Å². The number of ether oxygens (including phenoxy) is 1. The quantitative estimate of drug-likeness (QED) is 0.846. The van der Waals surface area contributed by atoms with E-state index in [0.29, 0.717) is 12.6 Å². The van der Waals surface area contributed by atoms with Crippen LogP contribution in [0, 0.1) is 0 Å². The van der Waals surface area contributed by atoms with Gasteiger partial charge >= 0.3 is 0 Å². The van der Waals surface area contributed by atoms with Gasteiger partial charge in [-0.1, -0.05) is 12.1 Å². The highest BCUT2D eigenvalue weighted by Crippen LogP contribution is 2.17. The summed E-state index contributed by atoms with van der Waals surface area (Å²) in [6.45, 7) is 3.80.